The standard InChI is InChI=1S/C23H28N4O/c28-23(25-19-11-5-2-6-12-19)24-17-22-26-20-13-7-8-14-21(20)27(22)16-15-18-9-3-1-4-10-18/h1,3-4,7-10,13-14,19H,2,5-6,11-12,15-17H2,(H2,24,25,28). The second-order valence-corrected chi connectivity index (χ2v) is 7.57. The number of rotatable bonds is 6. The number of fused-ring (bicyclic) bond motifs is 1. The van der Waals surface area contributed by atoms with Gasteiger partial charge in [-0.1, -0.05) is 61.7 Å². The molecule has 2 aromatic carbocycles. The van der Waals surface area contributed by atoms with Gasteiger partial charge < -0.3 is 15.2 Å². The third-order valence-corrected chi connectivity index (χ3v) is 5.55. The largest absolute Gasteiger partial charge is 0.335 e. The van der Waals surface area contributed by atoms with Gasteiger partial charge >= 0.3 is 6.03 Å². The van der Waals surface area contributed by atoms with Crippen LogP contribution in [-0.4, -0.2) is 21.6 Å². The third-order valence-electron chi connectivity index (χ3n) is 5.55. The Bertz CT molecular complexity index is 913. The maximum Gasteiger partial charge on any atom is 0.315 e. The first-order valence-corrected chi connectivity index (χ1v) is 10.3. The molecule has 5 heteroatoms. The number of aromatic nitrogens is 2. The lowest BCUT2D eigenvalue weighted by Crippen LogP contribution is -2.42. The number of para-hydroxylation sites is 2. The molecule has 1 aliphatic carbocycles. The molecule has 2 N–H and O–H groups in total. The second-order valence-electron chi connectivity index (χ2n) is 7.57. The van der Waals surface area contributed by atoms with Gasteiger partial charge in [0.05, 0.1) is 17.6 Å². The van der Waals surface area contributed by atoms with E-state index >= 15 is 0 Å². The molecule has 1 saturated carbocycles. The number of carbonyl (C=O) groups is 1. The summed E-state index contributed by atoms with van der Waals surface area (Å²) >= 11 is 0. The average molecular weight is 377 g/mol. The van der Waals surface area contributed by atoms with Crippen LogP contribution in [0.1, 0.15) is 43.5 Å². The zero-order valence-electron chi connectivity index (χ0n) is 16.2. The van der Waals surface area contributed by atoms with Crippen LogP contribution in [0.3, 0.4) is 0 Å². The summed E-state index contributed by atoms with van der Waals surface area (Å²) in [6.45, 7) is 1.27. The van der Waals surface area contributed by atoms with Crippen molar-refractivity contribution >= 4 is 17.1 Å². The van der Waals surface area contributed by atoms with E-state index in [1.165, 1.54) is 24.8 Å². The van der Waals surface area contributed by atoms with E-state index in [1.54, 1.807) is 0 Å². The average Bonchev–Trinajstić information content (AvgIpc) is 3.10. The molecule has 0 saturated heterocycles. The fraction of sp³-hybridized carbons (Fsp3) is 0.391. The van der Waals surface area contributed by atoms with Gasteiger partial charge in [0.1, 0.15) is 5.82 Å². The molecule has 3 aromatic rings. The minimum absolute atomic E-state index is 0.0893. The van der Waals surface area contributed by atoms with Crippen molar-refractivity contribution in [1.29, 1.82) is 0 Å². The Labute approximate surface area is 166 Å². The normalized spacial score (nSPS) is 14.9. The van der Waals surface area contributed by atoms with Gasteiger partial charge in [0.2, 0.25) is 0 Å². The van der Waals surface area contributed by atoms with Crippen molar-refractivity contribution in [3.8, 4) is 0 Å². The van der Waals surface area contributed by atoms with Crippen LogP contribution in [0.2, 0.25) is 0 Å². The van der Waals surface area contributed by atoms with Crippen molar-refractivity contribution in [2.24, 2.45) is 0 Å². The molecule has 146 valence electrons. The minimum Gasteiger partial charge on any atom is -0.335 e. The van der Waals surface area contributed by atoms with Crippen LogP contribution < -0.4 is 10.6 Å². The number of nitrogens with zero attached hydrogens (tertiary/aromatic N) is 2. The molecule has 0 unspecified atom stereocenters. The van der Waals surface area contributed by atoms with E-state index < -0.39 is 0 Å². The number of amides is 2. The Hall–Kier alpha value is -2.82. The van der Waals surface area contributed by atoms with Crippen molar-refractivity contribution in [2.75, 3.05) is 0 Å². The van der Waals surface area contributed by atoms with Gasteiger partial charge in [-0.05, 0) is 37.0 Å². The molecule has 0 atom stereocenters. The van der Waals surface area contributed by atoms with Crippen LogP contribution in [-0.2, 0) is 19.5 Å². The summed E-state index contributed by atoms with van der Waals surface area (Å²) in [7, 11) is 0. The van der Waals surface area contributed by atoms with Crippen LogP contribution in [0.25, 0.3) is 11.0 Å². The third kappa shape index (κ3) is 4.53. The number of nitrogens with one attached hydrogen (secondary N) is 2. The molecule has 0 radical (unpaired) electrons. The Morgan fingerprint density at radius 3 is 2.57 bits per heavy atom. The molecule has 5 nitrogen and oxygen atoms in total. The van der Waals surface area contributed by atoms with Crippen molar-refractivity contribution < 1.29 is 4.79 Å². The minimum atomic E-state index is -0.0893. The molecule has 1 heterocycles. The lowest BCUT2D eigenvalue weighted by molar-refractivity contribution is 0.232. The maximum atomic E-state index is 12.3. The summed E-state index contributed by atoms with van der Waals surface area (Å²) in [6, 6.07) is 18.9. The van der Waals surface area contributed by atoms with Gasteiger partial charge in [0.25, 0.3) is 0 Å². The zero-order valence-corrected chi connectivity index (χ0v) is 16.2. The predicted octanol–water partition coefficient (Wildman–Crippen LogP) is 4.41. The maximum absolute atomic E-state index is 12.3. The van der Waals surface area contributed by atoms with Crippen molar-refractivity contribution in [2.45, 2.75) is 57.7 Å². The van der Waals surface area contributed by atoms with Gasteiger partial charge in [0, 0.05) is 12.6 Å². The first-order chi connectivity index (χ1) is 13.8. The van der Waals surface area contributed by atoms with Gasteiger partial charge in [-0.25, -0.2) is 9.78 Å². The summed E-state index contributed by atoms with van der Waals surface area (Å²) in [5, 5.41) is 6.13. The summed E-state index contributed by atoms with van der Waals surface area (Å²) in [5.41, 5.74) is 3.39. The molecule has 0 aliphatic heterocycles. The molecule has 4 rings (SSSR count). The SMILES string of the molecule is O=C(NCc1nc2ccccc2n1CCc1ccccc1)NC1CCCCC1. The lowest BCUT2D eigenvalue weighted by Gasteiger charge is -2.22. The number of hydrogen-bond acceptors (Lipinski definition) is 2. The van der Waals surface area contributed by atoms with E-state index in [4.69, 9.17) is 4.98 Å². The second kappa shape index (κ2) is 8.91. The first-order valence-electron chi connectivity index (χ1n) is 10.3. The van der Waals surface area contributed by atoms with Gasteiger partial charge in [-0.15, -0.1) is 0 Å². The molecule has 1 aromatic heterocycles. The Balaban J connectivity index is 1.44. The van der Waals surface area contributed by atoms with Crippen LogP contribution >= 0.6 is 0 Å². The monoisotopic (exact) mass is 376 g/mol. The van der Waals surface area contributed by atoms with E-state index in [0.29, 0.717) is 12.6 Å². The Kier molecular flexibility index (Phi) is 5.90. The van der Waals surface area contributed by atoms with Crippen LogP contribution in [0, 0.1) is 0 Å². The summed E-state index contributed by atoms with van der Waals surface area (Å²) < 4.78 is 2.23. The molecule has 0 bridgehead atoms. The van der Waals surface area contributed by atoms with Crippen LogP contribution in [0.15, 0.2) is 54.6 Å². The van der Waals surface area contributed by atoms with Gasteiger partial charge in [0.15, 0.2) is 0 Å². The Morgan fingerprint density at radius 1 is 1.00 bits per heavy atom. The number of benzene rings is 2. The molecule has 0 spiro atoms. The molecular weight excluding hydrogens is 348 g/mol. The fourth-order valence-electron chi connectivity index (χ4n) is 4.04. The van der Waals surface area contributed by atoms with Crippen molar-refractivity contribution in [1.82, 2.24) is 20.2 Å². The van der Waals surface area contributed by atoms with Gasteiger partial charge in [-0.3, -0.25) is 0 Å². The molecule has 1 fully saturated rings. The number of aryl methyl sites for hydroxylation is 2. The number of hydrogen-bond donors (Lipinski definition) is 2. The first kappa shape index (κ1) is 18.5. The van der Waals surface area contributed by atoms with Crippen LogP contribution in [0.4, 0.5) is 4.79 Å². The number of carbonyl (C=O) groups excluding carboxylic acids is 1. The lowest BCUT2D eigenvalue weighted by atomic mass is 9.96. The van der Waals surface area contributed by atoms with Crippen LogP contribution in [0.5, 0.6) is 0 Å². The van der Waals surface area contributed by atoms with E-state index in [9.17, 15) is 4.79 Å². The number of urea groups is 1. The Morgan fingerprint density at radius 2 is 1.75 bits per heavy atom. The van der Waals surface area contributed by atoms with Crippen molar-refractivity contribution in [3.63, 3.8) is 0 Å². The number of imidazole rings is 1. The molecule has 2 amide bonds. The van der Waals surface area contributed by atoms with E-state index in [2.05, 4.69) is 45.5 Å². The predicted molar refractivity (Wildman–Crippen MR) is 112 cm³/mol. The smallest absolute Gasteiger partial charge is 0.315 e. The highest BCUT2D eigenvalue weighted by atomic mass is 16.2. The topological polar surface area (TPSA) is 59.0 Å². The summed E-state index contributed by atoms with van der Waals surface area (Å²) in [6.07, 6.45) is 6.81. The molecule has 1 aliphatic rings. The summed E-state index contributed by atoms with van der Waals surface area (Å²) in [4.78, 5) is 17.1. The van der Waals surface area contributed by atoms with E-state index in [0.717, 1.165) is 42.7 Å². The van der Waals surface area contributed by atoms with E-state index in [1.807, 2.05) is 24.3 Å². The van der Waals surface area contributed by atoms with Gasteiger partial charge in [-0.2, -0.15) is 0 Å². The quantitative estimate of drug-likeness (QED) is 0.669. The summed E-state index contributed by atoms with van der Waals surface area (Å²) in [5.74, 6) is 0.899. The highest BCUT2D eigenvalue weighted by Crippen LogP contribution is 2.18. The molecular formula is C23H28N4O. The zero-order chi connectivity index (χ0) is 19.2. The van der Waals surface area contributed by atoms with E-state index in [-0.39, 0.29) is 6.03 Å². The fourth-order valence-corrected chi connectivity index (χ4v) is 4.04. The molecule has 28 heavy (non-hydrogen) atoms. The highest BCUT2D eigenvalue weighted by Gasteiger charge is 2.16. The van der Waals surface area contributed by atoms with Crippen molar-refractivity contribution in [3.05, 3.63) is 66.0 Å². The highest BCUT2D eigenvalue weighted by molar-refractivity contribution is 5.77.